The van der Waals surface area contributed by atoms with E-state index < -0.39 is 0 Å². The van der Waals surface area contributed by atoms with E-state index in [1.54, 1.807) is 18.6 Å². The molecule has 1 aromatic heterocycles. The lowest BCUT2D eigenvalue weighted by atomic mass is 10.0. The highest BCUT2D eigenvalue weighted by molar-refractivity contribution is 5.94. The maximum Gasteiger partial charge on any atom is 0.343 e. The number of ether oxygens (including phenoxy) is 1. The SMILES string of the molecule is CCN(C)C=Nc1cc(C)c(C(=O)Oc2ccc3ncccc3c2)cc1C. The Morgan fingerprint density at radius 3 is 2.78 bits per heavy atom. The second-order valence-electron chi connectivity index (χ2n) is 6.52. The molecule has 0 unspecified atom stereocenters. The smallest absolute Gasteiger partial charge is 0.343 e. The quantitative estimate of drug-likeness (QED) is 0.286. The molecule has 0 saturated carbocycles. The number of aryl methyl sites for hydroxylation is 2. The van der Waals surface area contributed by atoms with E-state index in [4.69, 9.17) is 4.74 Å². The molecule has 2 aromatic carbocycles. The van der Waals surface area contributed by atoms with Crippen LogP contribution in [0.15, 0.2) is 53.7 Å². The van der Waals surface area contributed by atoms with Gasteiger partial charge in [-0.2, -0.15) is 0 Å². The Balaban J connectivity index is 1.83. The fraction of sp³-hybridized carbons (Fsp3) is 0.227. The van der Waals surface area contributed by atoms with Crippen molar-refractivity contribution in [2.24, 2.45) is 4.99 Å². The molecule has 0 radical (unpaired) electrons. The number of pyridine rings is 1. The molecule has 3 rings (SSSR count). The minimum atomic E-state index is -0.375. The maximum atomic E-state index is 12.7. The number of benzene rings is 2. The lowest BCUT2D eigenvalue weighted by molar-refractivity contribution is 0.0734. The van der Waals surface area contributed by atoms with Crippen LogP contribution in [0.2, 0.25) is 0 Å². The van der Waals surface area contributed by atoms with Gasteiger partial charge < -0.3 is 9.64 Å². The molecule has 0 aliphatic carbocycles. The molecule has 0 spiro atoms. The van der Waals surface area contributed by atoms with E-state index in [2.05, 4.69) is 16.9 Å². The van der Waals surface area contributed by atoms with Gasteiger partial charge in [-0.3, -0.25) is 4.98 Å². The van der Waals surface area contributed by atoms with E-state index >= 15 is 0 Å². The van der Waals surface area contributed by atoms with Gasteiger partial charge in [0, 0.05) is 25.2 Å². The standard InChI is InChI=1S/C22H23N3O2/c1-5-25(4)14-24-21-12-15(2)19(11-16(21)3)22(26)27-18-8-9-20-17(13-18)7-6-10-23-20/h6-14H,5H2,1-4H3. The van der Waals surface area contributed by atoms with Crippen molar-refractivity contribution in [2.75, 3.05) is 13.6 Å². The second-order valence-corrected chi connectivity index (χ2v) is 6.52. The minimum absolute atomic E-state index is 0.375. The van der Waals surface area contributed by atoms with Crippen molar-refractivity contribution in [2.45, 2.75) is 20.8 Å². The summed E-state index contributed by atoms with van der Waals surface area (Å²) in [6.07, 6.45) is 3.53. The van der Waals surface area contributed by atoms with Gasteiger partial charge in [0.1, 0.15) is 5.75 Å². The van der Waals surface area contributed by atoms with Crippen LogP contribution in [0.3, 0.4) is 0 Å². The number of rotatable bonds is 5. The van der Waals surface area contributed by atoms with Crippen LogP contribution in [-0.4, -0.2) is 35.8 Å². The molecule has 0 amide bonds. The number of aromatic nitrogens is 1. The third-order valence-corrected chi connectivity index (χ3v) is 4.44. The first kappa shape index (κ1) is 18.6. The van der Waals surface area contributed by atoms with E-state index in [1.165, 1.54) is 0 Å². The summed E-state index contributed by atoms with van der Waals surface area (Å²) in [6.45, 7) is 6.78. The number of hydrogen-bond acceptors (Lipinski definition) is 4. The van der Waals surface area contributed by atoms with Crippen LogP contribution in [0.4, 0.5) is 5.69 Å². The third kappa shape index (κ3) is 4.31. The summed E-state index contributed by atoms with van der Waals surface area (Å²) in [5, 5.41) is 0.931. The Hall–Kier alpha value is -3.21. The number of carbonyl (C=O) groups excluding carboxylic acids is 1. The Morgan fingerprint density at radius 1 is 1.19 bits per heavy atom. The third-order valence-electron chi connectivity index (χ3n) is 4.44. The maximum absolute atomic E-state index is 12.7. The highest BCUT2D eigenvalue weighted by Crippen LogP contribution is 2.25. The zero-order valence-electron chi connectivity index (χ0n) is 16.1. The molecule has 0 aliphatic rings. The monoisotopic (exact) mass is 361 g/mol. The van der Waals surface area contributed by atoms with E-state index in [0.29, 0.717) is 11.3 Å². The molecular weight excluding hydrogens is 338 g/mol. The fourth-order valence-electron chi connectivity index (χ4n) is 2.68. The van der Waals surface area contributed by atoms with Crippen molar-refractivity contribution in [3.8, 4) is 5.75 Å². The van der Waals surface area contributed by atoms with E-state index in [9.17, 15) is 4.79 Å². The van der Waals surface area contributed by atoms with Gasteiger partial charge in [0.15, 0.2) is 0 Å². The summed E-state index contributed by atoms with van der Waals surface area (Å²) in [4.78, 5) is 23.4. The lowest BCUT2D eigenvalue weighted by Gasteiger charge is -2.12. The van der Waals surface area contributed by atoms with Crippen LogP contribution in [0.25, 0.3) is 10.9 Å². The predicted octanol–water partition coefficient (Wildman–Crippen LogP) is 4.68. The van der Waals surface area contributed by atoms with Gasteiger partial charge >= 0.3 is 5.97 Å². The predicted molar refractivity (Wildman–Crippen MR) is 109 cm³/mol. The van der Waals surface area contributed by atoms with E-state index in [0.717, 1.165) is 34.3 Å². The van der Waals surface area contributed by atoms with Crippen molar-refractivity contribution >= 4 is 28.9 Å². The Bertz CT molecular complexity index is 1010. The number of carbonyl (C=O) groups is 1. The summed E-state index contributed by atoms with van der Waals surface area (Å²) in [7, 11) is 1.97. The summed E-state index contributed by atoms with van der Waals surface area (Å²) in [6, 6.07) is 13.0. The highest BCUT2D eigenvalue weighted by atomic mass is 16.5. The fourth-order valence-corrected chi connectivity index (χ4v) is 2.68. The van der Waals surface area contributed by atoms with E-state index in [1.807, 2.05) is 62.2 Å². The molecule has 138 valence electrons. The van der Waals surface area contributed by atoms with Crippen molar-refractivity contribution < 1.29 is 9.53 Å². The zero-order chi connectivity index (χ0) is 19.4. The highest BCUT2D eigenvalue weighted by Gasteiger charge is 2.14. The summed E-state index contributed by atoms with van der Waals surface area (Å²) < 4.78 is 5.59. The number of nitrogens with zero attached hydrogens (tertiary/aromatic N) is 3. The largest absolute Gasteiger partial charge is 0.423 e. The summed E-state index contributed by atoms with van der Waals surface area (Å²) >= 11 is 0. The van der Waals surface area contributed by atoms with Crippen molar-refractivity contribution in [1.82, 2.24) is 9.88 Å². The van der Waals surface area contributed by atoms with Crippen LogP contribution in [0, 0.1) is 13.8 Å². The van der Waals surface area contributed by atoms with Gasteiger partial charge in [-0.1, -0.05) is 6.07 Å². The molecule has 5 heteroatoms. The molecule has 0 atom stereocenters. The van der Waals surface area contributed by atoms with Crippen LogP contribution in [0.5, 0.6) is 5.75 Å². The van der Waals surface area contributed by atoms with Crippen molar-refractivity contribution in [3.63, 3.8) is 0 Å². The van der Waals surface area contributed by atoms with Gasteiger partial charge in [0.2, 0.25) is 0 Å². The molecule has 0 bridgehead atoms. The molecular formula is C22H23N3O2. The molecule has 0 aliphatic heterocycles. The second kappa shape index (κ2) is 7.99. The van der Waals surface area contributed by atoms with Gasteiger partial charge in [0.25, 0.3) is 0 Å². The van der Waals surface area contributed by atoms with Crippen LogP contribution in [-0.2, 0) is 0 Å². The average Bonchev–Trinajstić information content (AvgIpc) is 2.67. The molecule has 27 heavy (non-hydrogen) atoms. The lowest BCUT2D eigenvalue weighted by Crippen LogP contribution is -2.14. The number of hydrogen-bond donors (Lipinski definition) is 0. The Kier molecular flexibility index (Phi) is 5.50. The molecule has 0 fully saturated rings. The van der Waals surface area contributed by atoms with Crippen molar-refractivity contribution in [1.29, 1.82) is 0 Å². The molecule has 3 aromatic rings. The first-order valence-corrected chi connectivity index (χ1v) is 8.90. The summed E-state index contributed by atoms with van der Waals surface area (Å²) in [5.41, 5.74) is 4.02. The average molecular weight is 361 g/mol. The number of esters is 1. The zero-order valence-corrected chi connectivity index (χ0v) is 16.1. The van der Waals surface area contributed by atoms with Crippen LogP contribution in [0.1, 0.15) is 28.4 Å². The van der Waals surface area contributed by atoms with Crippen molar-refractivity contribution in [3.05, 3.63) is 65.4 Å². The van der Waals surface area contributed by atoms with Crippen LogP contribution < -0.4 is 4.74 Å². The molecule has 0 N–H and O–H groups in total. The van der Waals surface area contributed by atoms with Gasteiger partial charge in [-0.25, -0.2) is 9.79 Å². The first-order valence-electron chi connectivity index (χ1n) is 8.90. The minimum Gasteiger partial charge on any atom is -0.423 e. The van der Waals surface area contributed by atoms with E-state index in [-0.39, 0.29) is 5.97 Å². The van der Waals surface area contributed by atoms with Crippen LogP contribution >= 0.6 is 0 Å². The Morgan fingerprint density at radius 2 is 2.00 bits per heavy atom. The number of fused-ring (bicyclic) bond motifs is 1. The first-order chi connectivity index (χ1) is 13.0. The van der Waals surface area contributed by atoms with Gasteiger partial charge in [0.05, 0.1) is 23.1 Å². The van der Waals surface area contributed by atoms with Gasteiger partial charge in [-0.05, 0) is 68.3 Å². The Labute approximate surface area is 159 Å². The summed E-state index contributed by atoms with van der Waals surface area (Å²) in [5.74, 6) is 0.129. The number of aliphatic imine (C=N–C) groups is 1. The normalized spacial score (nSPS) is 11.1. The molecule has 5 nitrogen and oxygen atoms in total. The topological polar surface area (TPSA) is 54.8 Å². The molecule has 0 saturated heterocycles. The molecule has 1 heterocycles. The van der Waals surface area contributed by atoms with Gasteiger partial charge in [-0.15, -0.1) is 0 Å².